The summed E-state index contributed by atoms with van der Waals surface area (Å²) in [5.41, 5.74) is 4.21. The fourth-order valence-electron chi connectivity index (χ4n) is 6.60. The van der Waals surface area contributed by atoms with E-state index in [2.05, 4.69) is 4.98 Å². The Labute approximate surface area is 226 Å². The van der Waals surface area contributed by atoms with E-state index in [0.717, 1.165) is 80.2 Å². The van der Waals surface area contributed by atoms with Gasteiger partial charge in [-0.05, 0) is 68.2 Å². The summed E-state index contributed by atoms with van der Waals surface area (Å²) in [7, 11) is 0. The van der Waals surface area contributed by atoms with Gasteiger partial charge in [-0.2, -0.15) is 0 Å². The van der Waals surface area contributed by atoms with Gasteiger partial charge in [0.25, 0.3) is 0 Å². The quantitative estimate of drug-likeness (QED) is 0.265. The SMILES string of the molecule is O=C(c1cc(Cl)cc2c(CC3CCCC(C(O)c4cc(Cl)cc5cncn45)C3)ncn12)C1CCCCC1. The van der Waals surface area contributed by atoms with E-state index in [4.69, 9.17) is 28.2 Å². The van der Waals surface area contributed by atoms with Gasteiger partial charge in [0.1, 0.15) is 6.33 Å². The van der Waals surface area contributed by atoms with Crippen LogP contribution in [-0.4, -0.2) is 29.7 Å². The van der Waals surface area contributed by atoms with Gasteiger partial charge in [0.15, 0.2) is 5.78 Å². The molecule has 4 aromatic rings. The van der Waals surface area contributed by atoms with Crippen molar-refractivity contribution in [2.24, 2.45) is 17.8 Å². The Morgan fingerprint density at radius 2 is 1.78 bits per heavy atom. The average molecular weight is 540 g/mol. The number of hydrogen-bond acceptors (Lipinski definition) is 4. The second-order valence-electron chi connectivity index (χ2n) is 10.9. The van der Waals surface area contributed by atoms with Gasteiger partial charge in [-0.25, -0.2) is 9.97 Å². The van der Waals surface area contributed by atoms with Crippen LogP contribution in [0.2, 0.25) is 10.0 Å². The van der Waals surface area contributed by atoms with E-state index in [1.165, 1.54) is 6.42 Å². The minimum absolute atomic E-state index is 0.0790. The maximum atomic E-state index is 13.4. The Bertz CT molecular complexity index is 1440. The molecule has 37 heavy (non-hydrogen) atoms. The lowest BCUT2D eigenvalue weighted by Crippen LogP contribution is -2.24. The molecule has 194 valence electrons. The first kappa shape index (κ1) is 24.9. The van der Waals surface area contributed by atoms with Crippen LogP contribution in [0.3, 0.4) is 0 Å². The van der Waals surface area contributed by atoms with Crippen LogP contribution >= 0.6 is 23.2 Å². The second-order valence-corrected chi connectivity index (χ2v) is 11.8. The summed E-state index contributed by atoms with van der Waals surface area (Å²) in [6.07, 6.45) is 14.8. The van der Waals surface area contributed by atoms with E-state index < -0.39 is 6.10 Å². The van der Waals surface area contributed by atoms with Crippen LogP contribution in [0.25, 0.3) is 11.0 Å². The van der Waals surface area contributed by atoms with Gasteiger partial charge in [-0.3, -0.25) is 9.20 Å². The predicted molar refractivity (Wildman–Crippen MR) is 145 cm³/mol. The number of hydrogen-bond donors (Lipinski definition) is 1. The highest BCUT2D eigenvalue weighted by molar-refractivity contribution is 6.31. The highest BCUT2D eigenvalue weighted by atomic mass is 35.5. The molecule has 2 aliphatic carbocycles. The number of pyridine rings is 2. The van der Waals surface area contributed by atoms with Crippen molar-refractivity contribution in [3.05, 3.63) is 70.2 Å². The average Bonchev–Trinajstić information content (AvgIpc) is 3.54. The van der Waals surface area contributed by atoms with Gasteiger partial charge in [-0.15, -0.1) is 0 Å². The number of Topliss-reactive ketones (excluding diaryl/α,β-unsaturated/α-hetero) is 1. The number of imidazole rings is 2. The first-order valence-electron chi connectivity index (χ1n) is 13.5. The molecule has 2 fully saturated rings. The van der Waals surface area contributed by atoms with Crippen LogP contribution in [0.1, 0.15) is 85.8 Å². The van der Waals surface area contributed by atoms with Crippen LogP contribution in [0.4, 0.5) is 0 Å². The maximum Gasteiger partial charge on any atom is 0.182 e. The van der Waals surface area contributed by atoms with Crippen molar-refractivity contribution in [1.82, 2.24) is 18.8 Å². The molecule has 8 heteroatoms. The molecule has 0 spiro atoms. The molecule has 0 aliphatic heterocycles. The molecule has 0 aromatic carbocycles. The van der Waals surface area contributed by atoms with E-state index in [9.17, 15) is 9.90 Å². The van der Waals surface area contributed by atoms with Crippen molar-refractivity contribution in [2.45, 2.75) is 70.3 Å². The Kier molecular flexibility index (Phi) is 6.99. The van der Waals surface area contributed by atoms with Crippen LogP contribution in [0, 0.1) is 17.8 Å². The Hall–Kier alpha value is -2.41. The van der Waals surface area contributed by atoms with Crippen LogP contribution in [0.5, 0.6) is 0 Å². The van der Waals surface area contributed by atoms with Crippen molar-refractivity contribution >= 4 is 40.0 Å². The number of halogens is 2. The van der Waals surface area contributed by atoms with Gasteiger partial charge in [0, 0.05) is 16.0 Å². The molecule has 0 saturated heterocycles. The summed E-state index contributed by atoms with van der Waals surface area (Å²) in [5, 5.41) is 12.6. The zero-order valence-electron chi connectivity index (χ0n) is 20.8. The number of ketones is 1. The summed E-state index contributed by atoms with van der Waals surface area (Å²) in [5.74, 6) is 0.782. The normalized spacial score (nSPS) is 22.0. The molecule has 2 aliphatic rings. The third-order valence-electron chi connectivity index (χ3n) is 8.49. The fraction of sp³-hybridized carbons (Fsp3) is 0.483. The lowest BCUT2D eigenvalue weighted by Gasteiger charge is -2.32. The second kappa shape index (κ2) is 10.4. The smallest absolute Gasteiger partial charge is 0.182 e. The molecule has 3 unspecified atom stereocenters. The molecule has 3 atom stereocenters. The van der Waals surface area contributed by atoms with Gasteiger partial charge >= 0.3 is 0 Å². The number of carbonyl (C=O) groups is 1. The number of rotatable bonds is 6. The largest absolute Gasteiger partial charge is 0.387 e. The number of nitrogens with zero attached hydrogens (tertiary/aromatic N) is 4. The lowest BCUT2D eigenvalue weighted by atomic mass is 9.76. The third kappa shape index (κ3) is 4.91. The number of aromatic nitrogens is 4. The van der Waals surface area contributed by atoms with Crippen molar-refractivity contribution in [2.75, 3.05) is 0 Å². The van der Waals surface area contributed by atoms with Crippen LogP contribution < -0.4 is 0 Å². The molecule has 0 bridgehead atoms. The lowest BCUT2D eigenvalue weighted by molar-refractivity contribution is 0.0642. The first-order chi connectivity index (χ1) is 18.0. The molecule has 0 amide bonds. The first-order valence-corrected chi connectivity index (χ1v) is 14.2. The van der Waals surface area contributed by atoms with Gasteiger partial charge in [-0.1, -0.05) is 55.3 Å². The Morgan fingerprint density at radius 1 is 0.973 bits per heavy atom. The number of aliphatic hydroxyl groups excluding tert-OH is 1. The maximum absolute atomic E-state index is 13.4. The van der Waals surface area contributed by atoms with Crippen molar-refractivity contribution in [3.8, 4) is 0 Å². The standard InChI is InChI=1S/C29H32Cl2N4O2/c30-21-11-23-15-32-16-34(23)26(13-21)29(37)20-8-4-5-18(9-20)10-24-25-12-22(31)14-27(35(25)17-33-24)28(36)19-6-2-1-3-7-19/h11-20,29,37H,1-10H2. The van der Waals surface area contributed by atoms with Crippen molar-refractivity contribution in [3.63, 3.8) is 0 Å². The van der Waals surface area contributed by atoms with Gasteiger partial charge < -0.3 is 9.51 Å². The van der Waals surface area contributed by atoms with Gasteiger partial charge in [0.05, 0.1) is 46.7 Å². The van der Waals surface area contributed by atoms with E-state index in [0.29, 0.717) is 21.7 Å². The summed E-state index contributed by atoms with van der Waals surface area (Å²) >= 11 is 12.9. The van der Waals surface area contributed by atoms with E-state index >= 15 is 0 Å². The highest BCUT2D eigenvalue weighted by Gasteiger charge is 2.31. The van der Waals surface area contributed by atoms with E-state index in [-0.39, 0.29) is 17.6 Å². The fourth-order valence-corrected chi connectivity index (χ4v) is 7.03. The molecule has 1 N–H and O–H groups in total. The van der Waals surface area contributed by atoms with Crippen molar-refractivity contribution < 1.29 is 9.90 Å². The molecule has 6 rings (SSSR count). The molecular weight excluding hydrogens is 507 g/mol. The summed E-state index contributed by atoms with van der Waals surface area (Å²) in [6, 6.07) is 7.43. The third-order valence-corrected chi connectivity index (χ3v) is 8.93. The van der Waals surface area contributed by atoms with Crippen molar-refractivity contribution in [1.29, 1.82) is 0 Å². The summed E-state index contributed by atoms with van der Waals surface area (Å²) in [6.45, 7) is 0. The minimum atomic E-state index is -0.619. The van der Waals surface area contributed by atoms with Crippen LogP contribution in [0.15, 0.2) is 43.1 Å². The minimum Gasteiger partial charge on any atom is -0.387 e. The highest BCUT2D eigenvalue weighted by Crippen LogP contribution is 2.40. The van der Waals surface area contributed by atoms with Crippen LogP contribution in [-0.2, 0) is 6.42 Å². The van der Waals surface area contributed by atoms with E-state index in [1.54, 1.807) is 24.9 Å². The molecule has 2 saturated carbocycles. The Balaban J connectivity index is 1.23. The number of aliphatic hydroxyl groups is 1. The number of carbonyl (C=O) groups excluding carboxylic acids is 1. The molecule has 4 aromatic heterocycles. The molecular formula is C29H32Cl2N4O2. The molecule has 4 heterocycles. The zero-order valence-corrected chi connectivity index (χ0v) is 22.3. The van der Waals surface area contributed by atoms with E-state index in [1.807, 2.05) is 27.0 Å². The Morgan fingerprint density at radius 3 is 2.62 bits per heavy atom. The summed E-state index contributed by atoms with van der Waals surface area (Å²) in [4.78, 5) is 22.3. The zero-order chi connectivity index (χ0) is 25.5. The monoisotopic (exact) mass is 538 g/mol. The van der Waals surface area contributed by atoms with Gasteiger partial charge in [0.2, 0.25) is 0 Å². The molecule has 6 nitrogen and oxygen atoms in total. The predicted octanol–water partition coefficient (Wildman–Crippen LogP) is 7.13. The summed E-state index contributed by atoms with van der Waals surface area (Å²) < 4.78 is 3.87. The topological polar surface area (TPSA) is 71.9 Å². The number of fused-ring (bicyclic) bond motifs is 2. The molecule has 0 radical (unpaired) electrons.